The van der Waals surface area contributed by atoms with Crippen molar-refractivity contribution < 1.29 is 0 Å². The second kappa shape index (κ2) is 6.21. The number of nitrogens with zero attached hydrogens (tertiary/aromatic N) is 3. The summed E-state index contributed by atoms with van der Waals surface area (Å²) in [5.41, 5.74) is 3.09. The van der Waals surface area contributed by atoms with Crippen LogP contribution < -0.4 is 5.32 Å². The van der Waals surface area contributed by atoms with Gasteiger partial charge in [0.15, 0.2) is 0 Å². The Labute approximate surface area is 108 Å². The molecule has 4 heteroatoms. The van der Waals surface area contributed by atoms with Gasteiger partial charge in [0.25, 0.3) is 0 Å². The molecule has 4 nitrogen and oxygen atoms in total. The highest BCUT2D eigenvalue weighted by Crippen LogP contribution is 2.20. The highest BCUT2D eigenvalue weighted by atomic mass is 15.0. The van der Waals surface area contributed by atoms with Crippen LogP contribution in [0.15, 0.2) is 36.9 Å². The molecule has 0 bridgehead atoms. The molecule has 0 saturated heterocycles. The molecule has 2 aromatic rings. The number of hydrogen-bond acceptors (Lipinski definition) is 4. The van der Waals surface area contributed by atoms with Crippen LogP contribution in [0.1, 0.15) is 36.3 Å². The molecule has 1 atom stereocenters. The summed E-state index contributed by atoms with van der Waals surface area (Å²) in [7, 11) is 0. The van der Waals surface area contributed by atoms with Gasteiger partial charge in [0.2, 0.25) is 0 Å². The Morgan fingerprint density at radius 1 is 1.22 bits per heavy atom. The van der Waals surface area contributed by atoms with Gasteiger partial charge in [0.1, 0.15) is 0 Å². The number of nitrogens with one attached hydrogen (secondary N) is 1. The molecular weight excluding hydrogens is 224 g/mol. The first kappa shape index (κ1) is 12.6. The van der Waals surface area contributed by atoms with Crippen molar-refractivity contribution in [2.45, 2.75) is 26.3 Å². The summed E-state index contributed by atoms with van der Waals surface area (Å²) in [5.74, 6) is 0. The molecule has 0 amide bonds. The van der Waals surface area contributed by atoms with E-state index in [1.54, 1.807) is 18.6 Å². The molecule has 2 aromatic heterocycles. The van der Waals surface area contributed by atoms with Crippen LogP contribution in [0.5, 0.6) is 0 Å². The maximum Gasteiger partial charge on any atom is 0.0943 e. The van der Waals surface area contributed by atoms with Gasteiger partial charge in [0, 0.05) is 18.6 Å². The Kier molecular flexibility index (Phi) is 4.36. The highest BCUT2D eigenvalue weighted by Gasteiger charge is 2.17. The zero-order valence-corrected chi connectivity index (χ0v) is 10.8. The number of hydrogen-bond donors (Lipinski definition) is 1. The molecular formula is C14H18N4. The molecule has 18 heavy (non-hydrogen) atoms. The lowest BCUT2D eigenvalue weighted by Gasteiger charge is -2.18. The first-order valence-electron chi connectivity index (χ1n) is 6.23. The molecule has 0 spiro atoms. The molecule has 0 fully saturated rings. The van der Waals surface area contributed by atoms with E-state index in [1.807, 2.05) is 12.3 Å². The fourth-order valence-corrected chi connectivity index (χ4v) is 1.89. The number of aromatic nitrogens is 3. The molecule has 2 rings (SSSR count). The van der Waals surface area contributed by atoms with Crippen LogP contribution in [0.4, 0.5) is 0 Å². The predicted molar refractivity (Wildman–Crippen MR) is 71.1 cm³/mol. The van der Waals surface area contributed by atoms with E-state index in [2.05, 4.69) is 40.2 Å². The molecule has 1 unspecified atom stereocenters. The van der Waals surface area contributed by atoms with Gasteiger partial charge in [-0.25, -0.2) is 0 Å². The maximum absolute atomic E-state index is 4.48. The average Bonchev–Trinajstić information content (AvgIpc) is 2.42. The van der Waals surface area contributed by atoms with Crippen molar-refractivity contribution in [1.82, 2.24) is 20.3 Å². The van der Waals surface area contributed by atoms with Gasteiger partial charge in [-0.15, -0.1) is 0 Å². The van der Waals surface area contributed by atoms with Gasteiger partial charge in [-0.05, 0) is 31.5 Å². The van der Waals surface area contributed by atoms with E-state index in [0.717, 1.165) is 29.9 Å². The summed E-state index contributed by atoms with van der Waals surface area (Å²) in [6.45, 7) is 5.14. The van der Waals surface area contributed by atoms with Crippen LogP contribution in [-0.2, 0) is 0 Å². The van der Waals surface area contributed by atoms with Gasteiger partial charge >= 0.3 is 0 Å². The first-order chi connectivity index (χ1) is 8.83. The third-order valence-electron chi connectivity index (χ3n) is 2.80. The topological polar surface area (TPSA) is 50.7 Å². The molecule has 0 aliphatic rings. The lowest BCUT2D eigenvalue weighted by Crippen LogP contribution is -2.25. The lowest BCUT2D eigenvalue weighted by molar-refractivity contribution is 0.570. The van der Waals surface area contributed by atoms with Crippen LogP contribution in [0.2, 0.25) is 0 Å². The summed E-state index contributed by atoms with van der Waals surface area (Å²) in [6, 6.07) is 4.03. The van der Waals surface area contributed by atoms with E-state index in [0.29, 0.717) is 0 Å². The van der Waals surface area contributed by atoms with Gasteiger partial charge in [-0.3, -0.25) is 15.0 Å². The minimum atomic E-state index is 0.0137. The van der Waals surface area contributed by atoms with Gasteiger partial charge in [-0.2, -0.15) is 0 Å². The van der Waals surface area contributed by atoms with E-state index >= 15 is 0 Å². The second-order valence-electron chi connectivity index (χ2n) is 4.22. The molecule has 0 aliphatic heterocycles. The summed E-state index contributed by atoms with van der Waals surface area (Å²) < 4.78 is 0. The molecule has 0 aliphatic carbocycles. The molecule has 94 valence electrons. The maximum atomic E-state index is 4.48. The monoisotopic (exact) mass is 242 g/mol. The fourth-order valence-electron chi connectivity index (χ4n) is 1.89. The summed E-state index contributed by atoms with van der Waals surface area (Å²) in [6.07, 6.45) is 8.09. The molecule has 1 N–H and O–H groups in total. The number of aryl methyl sites for hydroxylation is 1. The van der Waals surface area contributed by atoms with Crippen molar-refractivity contribution >= 4 is 0 Å². The number of rotatable bonds is 5. The second-order valence-corrected chi connectivity index (χ2v) is 4.22. The Balaban J connectivity index is 2.34. The van der Waals surface area contributed by atoms with Crippen molar-refractivity contribution in [1.29, 1.82) is 0 Å². The van der Waals surface area contributed by atoms with Crippen molar-refractivity contribution in [3.05, 3.63) is 53.9 Å². The average molecular weight is 242 g/mol. The van der Waals surface area contributed by atoms with Gasteiger partial charge in [0.05, 0.1) is 23.6 Å². The van der Waals surface area contributed by atoms with Crippen LogP contribution in [0.25, 0.3) is 0 Å². The summed E-state index contributed by atoms with van der Waals surface area (Å²) >= 11 is 0. The fraction of sp³-hybridized carbons (Fsp3) is 0.357. The predicted octanol–water partition coefficient (Wildman–Crippen LogP) is 2.27. The quantitative estimate of drug-likeness (QED) is 0.873. The van der Waals surface area contributed by atoms with Crippen molar-refractivity contribution in [3.63, 3.8) is 0 Å². The van der Waals surface area contributed by atoms with Crippen LogP contribution in [-0.4, -0.2) is 21.5 Å². The molecule has 0 radical (unpaired) electrons. The Bertz CT molecular complexity index is 484. The summed E-state index contributed by atoms with van der Waals surface area (Å²) in [5, 5.41) is 3.48. The Morgan fingerprint density at radius 3 is 2.78 bits per heavy atom. The summed E-state index contributed by atoms with van der Waals surface area (Å²) in [4.78, 5) is 13.0. The van der Waals surface area contributed by atoms with Crippen LogP contribution in [0.3, 0.4) is 0 Å². The largest absolute Gasteiger partial charge is 0.304 e. The number of pyridine rings is 1. The minimum Gasteiger partial charge on any atom is -0.304 e. The smallest absolute Gasteiger partial charge is 0.0943 e. The van der Waals surface area contributed by atoms with E-state index in [1.165, 1.54) is 0 Å². The zero-order chi connectivity index (χ0) is 12.8. The Morgan fingerprint density at radius 2 is 2.11 bits per heavy atom. The van der Waals surface area contributed by atoms with Crippen molar-refractivity contribution in [2.24, 2.45) is 0 Å². The zero-order valence-electron chi connectivity index (χ0n) is 10.8. The van der Waals surface area contributed by atoms with E-state index in [-0.39, 0.29) is 6.04 Å². The normalized spacial score (nSPS) is 12.3. The standard InChI is InChI=1S/C14H18N4/c1-3-6-17-14(12-10-15-8-9-16-12)13-11(2)5-4-7-18-13/h4-5,7-10,14,17H,3,6H2,1-2H3. The SMILES string of the molecule is CCCNC(c1cnccn1)c1ncccc1C. The highest BCUT2D eigenvalue weighted by molar-refractivity contribution is 5.27. The van der Waals surface area contributed by atoms with Crippen LogP contribution >= 0.6 is 0 Å². The van der Waals surface area contributed by atoms with E-state index in [9.17, 15) is 0 Å². The van der Waals surface area contributed by atoms with Crippen LogP contribution in [0, 0.1) is 6.92 Å². The van der Waals surface area contributed by atoms with Crippen molar-refractivity contribution in [3.8, 4) is 0 Å². The minimum absolute atomic E-state index is 0.0137. The van der Waals surface area contributed by atoms with Gasteiger partial charge in [-0.1, -0.05) is 13.0 Å². The van der Waals surface area contributed by atoms with Crippen molar-refractivity contribution in [2.75, 3.05) is 6.54 Å². The molecule has 0 aromatic carbocycles. The first-order valence-corrected chi connectivity index (χ1v) is 6.23. The van der Waals surface area contributed by atoms with E-state index < -0.39 is 0 Å². The molecule has 2 heterocycles. The van der Waals surface area contributed by atoms with Gasteiger partial charge < -0.3 is 5.32 Å². The lowest BCUT2D eigenvalue weighted by atomic mass is 10.1. The third-order valence-corrected chi connectivity index (χ3v) is 2.80. The molecule has 0 saturated carbocycles. The van der Waals surface area contributed by atoms with E-state index in [4.69, 9.17) is 0 Å². The Hall–Kier alpha value is -1.81. The third kappa shape index (κ3) is 2.90.